The average molecular weight is 216 g/mol. The third-order valence-electron chi connectivity index (χ3n) is 2.39. The highest BCUT2D eigenvalue weighted by atomic mass is 16.1. The van der Waals surface area contributed by atoms with Crippen LogP contribution in [0.3, 0.4) is 0 Å². The van der Waals surface area contributed by atoms with Gasteiger partial charge >= 0.3 is 0 Å². The maximum Gasteiger partial charge on any atom is 0.255 e. The number of H-pyrrole nitrogens is 1. The summed E-state index contributed by atoms with van der Waals surface area (Å²) in [6.07, 6.45) is 1.45. The summed E-state index contributed by atoms with van der Waals surface area (Å²) in [4.78, 5) is 25.8. The van der Waals surface area contributed by atoms with Gasteiger partial charge in [0.25, 0.3) is 11.5 Å². The minimum atomic E-state index is -0.177. The Labute approximate surface area is 92.3 Å². The molecule has 2 rings (SSSR count). The van der Waals surface area contributed by atoms with Crippen molar-refractivity contribution in [2.75, 3.05) is 6.54 Å². The van der Waals surface area contributed by atoms with Gasteiger partial charge in [0.1, 0.15) is 0 Å². The van der Waals surface area contributed by atoms with Crippen LogP contribution in [0.1, 0.15) is 17.3 Å². The molecule has 0 radical (unpaired) electrons. The number of rotatable bonds is 2. The number of hydrogen-bond acceptors (Lipinski definition) is 2. The maximum atomic E-state index is 11.7. The minimum Gasteiger partial charge on any atom is -0.352 e. The number of benzene rings is 1. The lowest BCUT2D eigenvalue weighted by Gasteiger charge is -2.05. The van der Waals surface area contributed by atoms with Crippen molar-refractivity contribution in [3.8, 4) is 0 Å². The Kier molecular flexibility index (Phi) is 2.72. The molecule has 0 bridgehead atoms. The van der Waals surface area contributed by atoms with Crippen molar-refractivity contribution in [3.63, 3.8) is 0 Å². The first-order chi connectivity index (χ1) is 7.74. The Morgan fingerprint density at radius 3 is 2.69 bits per heavy atom. The number of aromatic amines is 1. The summed E-state index contributed by atoms with van der Waals surface area (Å²) in [6, 6.07) is 7.07. The van der Waals surface area contributed by atoms with Crippen LogP contribution in [0.5, 0.6) is 0 Å². The van der Waals surface area contributed by atoms with E-state index in [0.29, 0.717) is 22.9 Å². The highest BCUT2D eigenvalue weighted by molar-refractivity contribution is 6.06. The summed E-state index contributed by atoms with van der Waals surface area (Å²) in [7, 11) is 0. The second-order valence-corrected chi connectivity index (χ2v) is 3.44. The number of hydrogen-bond donors (Lipinski definition) is 2. The quantitative estimate of drug-likeness (QED) is 0.794. The van der Waals surface area contributed by atoms with Crippen molar-refractivity contribution in [3.05, 3.63) is 46.4 Å². The number of fused-ring (bicyclic) bond motifs is 1. The Morgan fingerprint density at radius 1 is 1.31 bits per heavy atom. The van der Waals surface area contributed by atoms with Gasteiger partial charge in [0.05, 0.1) is 5.56 Å². The zero-order chi connectivity index (χ0) is 11.5. The van der Waals surface area contributed by atoms with Gasteiger partial charge in [-0.1, -0.05) is 18.2 Å². The summed E-state index contributed by atoms with van der Waals surface area (Å²) >= 11 is 0. The van der Waals surface area contributed by atoms with Gasteiger partial charge in [0, 0.05) is 23.5 Å². The van der Waals surface area contributed by atoms with Crippen LogP contribution >= 0.6 is 0 Å². The van der Waals surface area contributed by atoms with Crippen LogP contribution in [0.2, 0.25) is 0 Å². The van der Waals surface area contributed by atoms with Gasteiger partial charge in [-0.15, -0.1) is 0 Å². The number of carbonyl (C=O) groups is 1. The van der Waals surface area contributed by atoms with Crippen LogP contribution in [0, 0.1) is 0 Å². The van der Waals surface area contributed by atoms with E-state index in [1.807, 2.05) is 13.0 Å². The Bertz CT molecular complexity index is 587. The molecule has 1 aromatic carbocycles. The SMILES string of the molecule is CCNC(=O)c1c[nH]c(=O)c2ccccc12. The van der Waals surface area contributed by atoms with E-state index in [4.69, 9.17) is 0 Å². The van der Waals surface area contributed by atoms with Gasteiger partial charge in [-0.2, -0.15) is 0 Å². The lowest BCUT2D eigenvalue weighted by molar-refractivity contribution is 0.0957. The molecule has 1 heterocycles. The average Bonchev–Trinajstić information content (AvgIpc) is 2.30. The Morgan fingerprint density at radius 2 is 2.00 bits per heavy atom. The van der Waals surface area contributed by atoms with E-state index in [2.05, 4.69) is 10.3 Å². The number of amides is 1. The highest BCUT2D eigenvalue weighted by Crippen LogP contribution is 2.13. The normalized spacial score (nSPS) is 10.3. The molecule has 0 aliphatic carbocycles. The van der Waals surface area contributed by atoms with Gasteiger partial charge in [0.2, 0.25) is 0 Å². The molecule has 82 valence electrons. The highest BCUT2D eigenvalue weighted by Gasteiger charge is 2.10. The van der Waals surface area contributed by atoms with Gasteiger partial charge in [-0.3, -0.25) is 9.59 Å². The molecule has 16 heavy (non-hydrogen) atoms. The molecule has 0 aliphatic rings. The lowest BCUT2D eigenvalue weighted by atomic mass is 10.1. The van der Waals surface area contributed by atoms with Crippen molar-refractivity contribution in [2.24, 2.45) is 0 Å². The van der Waals surface area contributed by atoms with Gasteiger partial charge in [0.15, 0.2) is 0 Å². The van der Waals surface area contributed by atoms with E-state index in [1.54, 1.807) is 18.2 Å². The fourth-order valence-electron chi connectivity index (χ4n) is 1.65. The molecule has 0 saturated carbocycles. The van der Waals surface area contributed by atoms with Crippen LogP contribution in [0.25, 0.3) is 10.8 Å². The summed E-state index contributed by atoms with van der Waals surface area (Å²) in [5, 5.41) is 3.92. The Balaban J connectivity index is 2.68. The predicted molar refractivity (Wildman–Crippen MR) is 62.6 cm³/mol. The van der Waals surface area contributed by atoms with E-state index in [9.17, 15) is 9.59 Å². The number of carbonyl (C=O) groups excluding carboxylic acids is 1. The fraction of sp³-hybridized carbons (Fsp3) is 0.167. The molecular formula is C12H12N2O2. The van der Waals surface area contributed by atoms with E-state index < -0.39 is 0 Å². The molecule has 0 spiro atoms. The van der Waals surface area contributed by atoms with E-state index >= 15 is 0 Å². The molecule has 2 aromatic rings. The summed E-state index contributed by atoms with van der Waals surface area (Å²) in [6.45, 7) is 2.41. The minimum absolute atomic E-state index is 0.171. The zero-order valence-electron chi connectivity index (χ0n) is 8.91. The first kappa shape index (κ1) is 10.4. The molecule has 4 nitrogen and oxygen atoms in total. The molecule has 0 unspecified atom stereocenters. The number of pyridine rings is 1. The second-order valence-electron chi connectivity index (χ2n) is 3.44. The monoisotopic (exact) mass is 216 g/mol. The maximum absolute atomic E-state index is 11.7. The van der Waals surface area contributed by atoms with Crippen LogP contribution in [-0.2, 0) is 0 Å². The molecule has 0 atom stereocenters. The van der Waals surface area contributed by atoms with Crippen LogP contribution < -0.4 is 10.9 Å². The molecule has 0 saturated heterocycles. The van der Waals surface area contributed by atoms with Crippen molar-refractivity contribution in [1.29, 1.82) is 0 Å². The van der Waals surface area contributed by atoms with Gasteiger partial charge in [-0.05, 0) is 13.0 Å². The first-order valence-electron chi connectivity index (χ1n) is 5.12. The summed E-state index contributed by atoms with van der Waals surface area (Å²) < 4.78 is 0. The third-order valence-corrected chi connectivity index (χ3v) is 2.39. The smallest absolute Gasteiger partial charge is 0.255 e. The van der Waals surface area contributed by atoms with E-state index in [0.717, 1.165) is 0 Å². The second kappa shape index (κ2) is 4.18. The van der Waals surface area contributed by atoms with Crippen LogP contribution in [0.4, 0.5) is 0 Å². The number of nitrogens with one attached hydrogen (secondary N) is 2. The molecule has 1 amide bonds. The van der Waals surface area contributed by atoms with Crippen LogP contribution in [0.15, 0.2) is 35.3 Å². The largest absolute Gasteiger partial charge is 0.352 e. The molecule has 2 N–H and O–H groups in total. The summed E-state index contributed by atoms with van der Waals surface area (Å²) in [5.74, 6) is -0.171. The summed E-state index contributed by atoms with van der Waals surface area (Å²) in [5.41, 5.74) is 0.320. The van der Waals surface area contributed by atoms with Crippen molar-refractivity contribution in [1.82, 2.24) is 10.3 Å². The zero-order valence-corrected chi connectivity index (χ0v) is 8.91. The Hall–Kier alpha value is -2.10. The molecule has 0 aliphatic heterocycles. The van der Waals surface area contributed by atoms with Crippen molar-refractivity contribution < 1.29 is 4.79 Å². The van der Waals surface area contributed by atoms with Gasteiger partial charge in [-0.25, -0.2) is 0 Å². The predicted octanol–water partition coefficient (Wildman–Crippen LogP) is 1.28. The standard InChI is InChI=1S/C12H12N2O2/c1-2-13-12(16)10-7-14-11(15)9-6-4-3-5-8(9)10/h3-7H,2H2,1H3,(H,13,16)(H,14,15). The molecular weight excluding hydrogens is 204 g/mol. The molecule has 1 aromatic heterocycles. The van der Waals surface area contributed by atoms with E-state index in [1.165, 1.54) is 6.20 Å². The van der Waals surface area contributed by atoms with E-state index in [-0.39, 0.29) is 11.5 Å². The van der Waals surface area contributed by atoms with Crippen molar-refractivity contribution >= 4 is 16.7 Å². The van der Waals surface area contributed by atoms with Gasteiger partial charge < -0.3 is 10.3 Å². The first-order valence-corrected chi connectivity index (χ1v) is 5.12. The molecule has 0 fully saturated rings. The number of aromatic nitrogens is 1. The topological polar surface area (TPSA) is 62.0 Å². The van der Waals surface area contributed by atoms with Crippen LogP contribution in [-0.4, -0.2) is 17.4 Å². The third kappa shape index (κ3) is 1.69. The molecule has 4 heteroatoms. The van der Waals surface area contributed by atoms with Crippen molar-refractivity contribution in [2.45, 2.75) is 6.92 Å². The lowest BCUT2D eigenvalue weighted by Crippen LogP contribution is -2.24. The fourth-order valence-corrected chi connectivity index (χ4v) is 1.65.